The van der Waals surface area contributed by atoms with Crippen LogP contribution in [0.4, 0.5) is 0 Å². The second kappa shape index (κ2) is 6.86. The van der Waals surface area contributed by atoms with Gasteiger partial charge in [0.05, 0.1) is 12.5 Å². The maximum atomic E-state index is 11.6. The first-order chi connectivity index (χ1) is 6.47. The Balaban J connectivity index is 3.92. The van der Waals surface area contributed by atoms with E-state index in [0.29, 0.717) is 18.4 Å². The molecule has 0 spiro atoms. The van der Waals surface area contributed by atoms with E-state index >= 15 is 0 Å². The zero-order valence-electron chi connectivity index (χ0n) is 10.2. The van der Waals surface area contributed by atoms with E-state index in [1.165, 1.54) is 0 Å². The molecule has 14 heavy (non-hydrogen) atoms. The van der Waals surface area contributed by atoms with Gasteiger partial charge in [0, 0.05) is 0 Å². The van der Waals surface area contributed by atoms with E-state index in [1.807, 2.05) is 6.92 Å². The highest BCUT2D eigenvalue weighted by molar-refractivity contribution is 5.72. The molecule has 0 fully saturated rings. The van der Waals surface area contributed by atoms with Crippen molar-refractivity contribution in [3.63, 3.8) is 0 Å². The minimum Gasteiger partial charge on any atom is -0.465 e. The van der Waals surface area contributed by atoms with Crippen molar-refractivity contribution in [3.05, 3.63) is 0 Å². The Morgan fingerprint density at radius 1 is 1.14 bits per heavy atom. The molecule has 0 radical (unpaired) electrons. The van der Waals surface area contributed by atoms with Crippen molar-refractivity contribution in [2.24, 2.45) is 17.8 Å². The lowest BCUT2D eigenvalue weighted by Crippen LogP contribution is -2.20. The maximum Gasteiger partial charge on any atom is 0.308 e. The smallest absolute Gasteiger partial charge is 0.308 e. The summed E-state index contributed by atoms with van der Waals surface area (Å²) in [5.74, 6) is 1.06. The van der Waals surface area contributed by atoms with Crippen molar-refractivity contribution >= 4 is 5.97 Å². The number of esters is 1. The Morgan fingerprint density at radius 3 is 2.07 bits per heavy atom. The van der Waals surface area contributed by atoms with Crippen LogP contribution in [0.5, 0.6) is 0 Å². The molecule has 2 nitrogen and oxygen atoms in total. The first-order valence-electron chi connectivity index (χ1n) is 5.64. The first-order valence-corrected chi connectivity index (χ1v) is 5.64. The van der Waals surface area contributed by atoms with Crippen LogP contribution in [-0.4, -0.2) is 12.6 Å². The highest BCUT2D eigenvalue weighted by Gasteiger charge is 2.19. The monoisotopic (exact) mass is 200 g/mol. The van der Waals surface area contributed by atoms with Crippen molar-refractivity contribution in [1.82, 2.24) is 0 Å². The summed E-state index contributed by atoms with van der Waals surface area (Å²) in [4.78, 5) is 11.6. The van der Waals surface area contributed by atoms with Gasteiger partial charge in [-0.3, -0.25) is 4.79 Å². The molecule has 2 heteroatoms. The Kier molecular flexibility index (Phi) is 6.60. The molecular weight excluding hydrogens is 176 g/mol. The topological polar surface area (TPSA) is 26.3 Å². The molecule has 0 saturated carbocycles. The van der Waals surface area contributed by atoms with Gasteiger partial charge in [-0.1, -0.05) is 34.6 Å². The average Bonchev–Trinajstić information content (AvgIpc) is 2.09. The van der Waals surface area contributed by atoms with E-state index in [-0.39, 0.29) is 11.9 Å². The molecule has 84 valence electrons. The average molecular weight is 200 g/mol. The number of ether oxygens (including phenoxy) is 1. The lowest BCUT2D eigenvalue weighted by molar-refractivity contribution is -0.150. The van der Waals surface area contributed by atoms with Crippen LogP contribution in [0.1, 0.15) is 47.5 Å². The summed E-state index contributed by atoms with van der Waals surface area (Å²) in [5.41, 5.74) is 0. The van der Waals surface area contributed by atoms with Crippen molar-refractivity contribution < 1.29 is 9.53 Å². The minimum absolute atomic E-state index is 0.0186. The lowest BCUT2D eigenvalue weighted by Gasteiger charge is -2.16. The Labute approximate surface area is 88.0 Å². The van der Waals surface area contributed by atoms with Crippen molar-refractivity contribution in [2.45, 2.75) is 47.5 Å². The zero-order valence-corrected chi connectivity index (χ0v) is 10.2. The third kappa shape index (κ3) is 6.01. The van der Waals surface area contributed by atoms with Crippen LogP contribution < -0.4 is 0 Å². The van der Waals surface area contributed by atoms with Gasteiger partial charge in [-0.25, -0.2) is 0 Å². The maximum absolute atomic E-state index is 11.6. The number of hydrogen-bond acceptors (Lipinski definition) is 2. The Hall–Kier alpha value is -0.530. The summed E-state index contributed by atoms with van der Waals surface area (Å²) in [5, 5.41) is 0. The summed E-state index contributed by atoms with van der Waals surface area (Å²) >= 11 is 0. The molecule has 0 aliphatic heterocycles. The molecule has 0 bridgehead atoms. The number of carbonyl (C=O) groups excluding carboxylic acids is 1. The van der Waals surface area contributed by atoms with E-state index in [1.54, 1.807) is 0 Å². The molecule has 0 aliphatic rings. The molecule has 0 aromatic rings. The van der Waals surface area contributed by atoms with E-state index in [9.17, 15) is 4.79 Å². The molecule has 0 N–H and O–H groups in total. The van der Waals surface area contributed by atoms with E-state index in [4.69, 9.17) is 4.74 Å². The molecule has 0 saturated heterocycles. The predicted molar refractivity (Wildman–Crippen MR) is 59.0 cm³/mol. The van der Waals surface area contributed by atoms with E-state index < -0.39 is 0 Å². The molecule has 0 rings (SSSR count). The van der Waals surface area contributed by atoms with Gasteiger partial charge in [0.25, 0.3) is 0 Å². The normalized spacial score (nSPS) is 13.4. The molecule has 1 unspecified atom stereocenters. The third-order valence-electron chi connectivity index (χ3n) is 2.14. The Morgan fingerprint density at radius 2 is 1.71 bits per heavy atom. The largest absolute Gasteiger partial charge is 0.465 e. The highest BCUT2D eigenvalue weighted by Crippen LogP contribution is 2.17. The highest BCUT2D eigenvalue weighted by atomic mass is 16.5. The molecule has 0 aliphatic carbocycles. The van der Waals surface area contributed by atoms with Gasteiger partial charge in [0.15, 0.2) is 0 Å². The van der Waals surface area contributed by atoms with Gasteiger partial charge >= 0.3 is 5.97 Å². The van der Waals surface area contributed by atoms with Gasteiger partial charge in [0.2, 0.25) is 0 Å². The van der Waals surface area contributed by atoms with Crippen molar-refractivity contribution in [3.8, 4) is 0 Å². The van der Waals surface area contributed by atoms with E-state index in [0.717, 1.165) is 12.8 Å². The minimum atomic E-state index is -0.0186. The van der Waals surface area contributed by atoms with Crippen LogP contribution in [-0.2, 0) is 9.53 Å². The summed E-state index contributed by atoms with van der Waals surface area (Å²) in [7, 11) is 0. The van der Waals surface area contributed by atoms with Gasteiger partial charge in [-0.05, 0) is 24.7 Å². The second-order valence-electron chi connectivity index (χ2n) is 4.76. The molecule has 0 aromatic heterocycles. The van der Waals surface area contributed by atoms with Crippen LogP contribution >= 0.6 is 0 Å². The summed E-state index contributed by atoms with van der Waals surface area (Å²) < 4.78 is 5.22. The predicted octanol–water partition coefficient (Wildman–Crippen LogP) is 3.26. The first kappa shape index (κ1) is 13.5. The second-order valence-corrected chi connectivity index (χ2v) is 4.76. The van der Waals surface area contributed by atoms with Crippen LogP contribution in [0, 0.1) is 17.8 Å². The fraction of sp³-hybridized carbons (Fsp3) is 0.917. The summed E-state index contributed by atoms with van der Waals surface area (Å²) in [6, 6.07) is 0. The molecule has 1 atom stereocenters. The molecule has 0 aromatic carbocycles. The number of rotatable bonds is 6. The standard InChI is InChI=1S/C12H24O2/c1-6-11(7-9(2)3)12(13)14-8-10(4)5/h9-11H,6-8H2,1-5H3. The fourth-order valence-electron chi connectivity index (χ4n) is 1.37. The van der Waals surface area contributed by atoms with Gasteiger partial charge < -0.3 is 4.74 Å². The van der Waals surface area contributed by atoms with Crippen LogP contribution in [0.2, 0.25) is 0 Å². The number of hydrogen-bond donors (Lipinski definition) is 0. The van der Waals surface area contributed by atoms with Crippen molar-refractivity contribution in [2.75, 3.05) is 6.61 Å². The SMILES string of the molecule is CCC(CC(C)C)C(=O)OCC(C)C. The van der Waals surface area contributed by atoms with Crippen LogP contribution in [0.25, 0.3) is 0 Å². The lowest BCUT2D eigenvalue weighted by atomic mass is 9.95. The third-order valence-corrected chi connectivity index (χ3v) is 2.14. The number of carbonyl (C=O) groups is 1. The Bertz CT molecular complexity index is 162. The van der Waals surface area contributed by atoms with Gasteiger partial charge in [0.1, 0.15) is 0 Å². The van der Waals surface area contributed by atoms with Crippen LogP contribution in [0.3, 0.4) is 0 Å². The molecule has 0 heterocycles. The van der Waals surface area contributed by atoms with E-state index in [2.05, 4.69) is 27.7 Å². The van der Waals surface area contributed by atoms with Gasteiger partial charge in [-0.2, -0.15) is 0 Å². The molecular formula is C12H24O2. The summed E-state index contributed by atoms with van der Waals surface area (Å²) in [6.07, 6.45) is 1.82. The quantitative estimate of drug-likeness (QED) is 0.615. The zero-order chi connectivity index (χ0) is 11.1. The van der Waals surface area contributed by atoms with Crippen LogP contribution in [0.15, 0.2) is 0 Å². The van der Waals surface area contributed by atoms with Crippen molar-refractivity contribution in [1.29, 1.82) is 0 Å². The fourth-order valence-corrected chi connectivity index (χ4v) is 1.37. The summed E-state index contributed by atoms with van der Waals surface area (Å²) in [6.45, 7) is 11.0. The molecule has 0 amide bonds. The van der Waals surface area contributed by atoms with Gasteiger partial charge in [-0.15, -0.1) is 0 Å².